The molecule has 0 atom stereocenters. The van der Waals surface area contributed by atoms with Crippen molar-refractivity contribution in [3.8, 4) is 0 Å². The maximum Gasteiger partial charge on any atom is 0.293 e. The van der Waals surface area contributed by atoms with Crippen LogP contribution in [0.15, 0.2) is 17.2 Å². The summed E-state index contributed by atoms with van der Waals surface area (Å²) < 4.78 is 1.63. The maximum atomic E-state index is 12.2. The quantitative estimate of drug-likeness (QED) is 0.852. The fraction of sp³-hybridized carbons (Fsp3) is 0.667. The Labute approximate surface area is 102 Å². The number of anilines is 1. The summed E-state index contributed by atoms with van der Waals surface area (Å²) in [6, 6.07) is 0.0925. The van der Waals surface area contributed by atoms with Crippen LogP contribution in [0.5, 0.6) is 0 Å². The van der Waals surface area contributed by atoms with Gasteiger partial charge in [-0.1, -0.05) is 0 Å². The molecular weight excluding hydrogens is 218 g/mol. The van der Waals surface area contributed by atoms with Crippen molar-refractivity contribution in [1.82, 2.24) is 9.55 Å². The van der Waals surface area contributed by atoms with Gasteiger partial charge >= 0.3 is 0 Å². The molecule has 1 aromatic rings. The van der Waals surface area contributed by atoms with Crippen molar-refractivity contribution in [3.05, 3.63) is 22.7 Å². The van der Waals surface area contributed by atoms with Crippen LogP contribution in [-0.2, 0) is 0 Å². The number of aliphatic hydroxyl groups excluding tert-OH is 1. The number of hydrogen-bond donors (Lipinski definition) is 1. The van der Waals surface area contributed by atoms with Crippen LogP contribution < -0.4 is 10.5 Å². The van der Waals surface area contributed by atoms with E-state index in [0.29, 0.717) is 5.82 Å². The Balaban J connectivity index is 3.25. The first-order chi connectivity index (χ1) is 7.81. The Morgan fingerprint density at radius 2 is 2.12 bits per heavy atom. The molecule has 0 aliphatic heterocycles. The maximum absolute atomic E-state index is 12.2. The van der Waals surface area contributed by atoms with Crippen LogP contribution in [-0.4, -0.2) is 33.9 Å². The summed E-state index contributed by atoms with van der Waals surface area (Å²) in [5.74, 6) is 0.361. The molecule has 0 bridgehead atoms. The summed E-state index contributed by atoms with van der Waals surface area (Å²) >= 11 is 0. The lowest BCUT2D eigenvalue weighted by Gasteiger charge is -2.34. The fourth-order valence-electron chi connectivity index (χ4n) is 1.44. The molecule has 1 aromatic heterocycles. The molecule has 0 aromatic carbocycles. The van der Waals surface area contributed by atoms with Crippen molar-refractivity contribution in [2.45, 2.75) is 39.3 Å². The van der Waals surface area contributed by atoms with Crippen LogP contribution in [0.3, 0.4) is 0 Å². The molecule has 17 heavy (non-hydrogen) atoms. The normalized spacial score (nSPS) is 11.9. The highest BCUT2D eigenvalue weighted by Gasteiger charge is 2.26. The van der Waals surface area contributed by atoms with Crippen LogP contribution in [0.25, 0.3) is 0 Å². The third kappa shape index (κ3) is 2.66. The van der Waals surface area contributed by atoms with E-state index in [4.69, 9.17) is 0 Å². The second-order valence-electron chi connectivity index (χ2n) is 5.09. The topological polar surface area (TPSA) is 58.4 Å². The average Bonchev–Trinajstić information content (AvgIpc) is 2.28. The molecule has 0 spiro atoms. The van der Waals surface area contributed by atoms with Crippen LogP contribution in [0.2, 0.25) is 0 Å². The molecule has 96 valence electrons. The van der Waals surface area contributed by atoms with Crippen LogP contribution in [0.4, 0.5) is 5.82 Å². The third-order valence-electron chi connectivity index (χ3n) is 3.02. The minimum atomic E-state index is -0.512. The highest BCUT2D eigenvalue weighted by Crippen LogP contribution is 2.16. The predicted octanol–water partition coefficient (Wildman–Crippen LogP) is 1.03. The molecule has 1 rings (SSSR count). The highest BCUT2D eigenvalue weighted by atomic mass is 16.3. The zero-order valence-corrected chi connectivity index (χ0v) is 11.1. The van der Waals surface area contributed by atoms with Gasteiger partial charge in [-0.25, -0.2) is 4.98 Å². The van der Waals surface area contributed by atoms with Gasteiger partial charge in [-0.05, 0) is 27.7 Å². The van der Waals surface area contributed by atoms with Gasteiger partial charge in [0.1, 0.15) is 0 Å². The Hall–Kier alpha value is -1.36. The molecular formula is C12H21N3O2. The van der Waals surface area contributed by atoms with Gasteiger partial charge in [0.2, 0.25) is 0 Å². The van der Waals surface area contributed by atoms with Gasteiger partial charge in [0.15, 0.2) is 5.82 Å². The summed E-state index contributed by atoms with van der Waals surface area (Å²) in [6.07, 6.45) is 3.29. The molecule has 1 N–H and O–H groups in total. The van der Waals surface area contributed by atoms with E-state index in [1.54, 1.807) is 28.9 Å². The van der Waals surface area contributed by atoms with Gasteiger partial charge in [-0.15, -0.1) is 0 Å². The lowest BCUT2D eigenvalue weighted by atomic mass is 10.1. The number of nitrogens with zero attached hydrogens (tertiary/aromatic N) is 3. The molecule has 1 heterocycles. The van der Waals surface area contributed by atoms with Gasteiger partial charge in [0.05, 0.1) is 12.1 Å². The number of likely N-dealkylation sites (N-methyl/N-ethyl adjacent to an activating group) is 1. The first-order valence-electron chi connectivity index (χ1n) is 5.73. The first kappa shape index (κ1) is 13.7. The summed E-state index contributed by atoms with van der Waals surface area (Å²) in [5.41, 5.74) is -0.644. The molecule has 0 unspecified atom stereocenters. The van der Waals surface area contributed by atoms with E-state index in [-0.39, 0.29) is 18.2 Å². The van der Waals surface area contributed by atoms with Gasteiger partial charge in [0.25, 0.3) is 5.56 Å². The van der Waals surface area contributed by atoms with Gasteiger partial charge in [0, 0.05) is 25.5 Å². The average molecular weight is 239 g/mol. The molecule has 0 saturated heterocycles. The van der Waals surface area contributed by atoms with E-state index in [1.807, 2.05) is 27.7 Å². The van der Waals surface area contributed by atoms with E-state index >= 15 is 0 Å². The van der Waals surface area contributed by atoms with Crippen LogP contribution >= 0.6 is 0 Å². The minimum absolute atomic E-state index is 0.0405. The SMILES string of the molecule is CC(C)n1ccnc(N(C)C(C)(C)CO)c1=O. The zero-order chi connectivity index (χ0) is 13.2. The van der Waals surface area contributed by atoms with E-state index in [1.165, 1.54) is 0 Å². The van der Waals surface area contributed by atoms with E-state index in [0.717, 1.165) is 0 Å². The largest absolute Gasteiger partial charge is 0.394 e. The standard InChI is InChI=1S/C12H21N3O2/c1-9(2)15-7-6-13-10(11(15)17)14(5)12(3,4)8-16/h6-7,9,16H,8H2,1-5H3. The smallest absolute Gasteiger partial charge is 0.293 e. The second kappa shape index (κ2) is 4.87. The molecule has 5 nitrogen and oxygen atoms in total. The van der Waals surface area contributed by atoms with Crippen LogP contribution in [0.1, 0.15) is 33.7 Å². The summed E-state index contributed by atoms with van der Waals surface area (Å²) in [4.78, 5) is 18.0. The van der Waals surface area contributed by atoms with E-state index < -0.39 is 5.54 Å². The predicted molar refractivity (Wildman–Crippen MR) is 68.4 cm³/mol. The summed E-state index contributed by atoms with van der Waals surface area (Å²) in [7, 11) is 1.77. The Morgan fingerprint density at radius 1 is 1.53 bits per heavy atom. The molecule has 0 saturated carbocycles. The molecule has 5 heteroatoms. The van der Waals surface area contributed by atoms with Crippen LogP contribution in [0, 0.1) is 0 Å². The lowest BCUT2D eigenvalue weighted by molar-refractivity contribution is 0.215. The number of aliphatic hydroxyl groups is 1. The molecule has 0 radical (unpaired) electrons. The van der Waals surface area contributed by atoms with Gasteiger partial charge < -0.3 is 14.6 Å². The Morgan fingerprint density at radius 3 is 2.59 bits per heavy atom. The molecule has 0 fully saturated rings. The summed E-state index contributed by atoms with van der Waals surface area (Å²) in [6.45, 7) is 7.58. The zero-order valence-electron chi connectivity index (χ0n) is 11.1. The monoisotopic (exact) mass is 239 g/mol. The van der Waals surface area contributed by atoms with Crippen molar-refractivity contribution >= 4 is 5.82 Å². The third-order valence-corrected chi connectivity index (χ3v) is 3.02. The molecule has 0 aliphatic carbocycles. The number of aromatic nitrogens is 2. The molecule has 0 amide bonds. The van der Waals surface area contributed by atoms with Crippen molar-refractivity contribution in [3.63, 3.8) is 0 Å². The van der Waals surface area contributed by atoms with Crippen molar-refractivity contribution in [1.29, 1.82) is 0 Å². The number of rotatable bonds is 4. The Kier molecular flexibility index (Phi) is 3.93. The van der Waals surface area contributed by atoms with Gasteiger partial charge in [-0.3, -0.25) is 4.79 Å². The number of hydrogen-bond acceptors (Lipinski definition) is 4. The second-order valence-corrected chi connectivity index (χ2v) is 5.09. The van der Waals surface area contributed by atoms with Crippen molar-refractivity contribution in [2.24, 2.45) is 0 Å². The first-order valence-corrected chi connectivity index (χ1v) is 5.73. The minimum Gasteiger partial charge on any atom is -0.394 e. The summed E-state index contributed by atoms with van der Waals surface area (Å²) in [5, 5.41) is 9.32. The fourth-order valence-corrected chi connectivity index (χ4v) is 1.44. The van der Waals surface area contributed by atoms with Crippen molar-refractivity contribution in [2.75, 3.05) is 18.6 Å². The van der Waals surface area contributed by atoms with Gasteiger partial charge in [-0.2, -0.15) is 0 Å². The molecule has 0 aliphatic rings. The van der Waals surface area contributed by atoms with E-state index in [9.17, 15) is 9.90 Å². The van der Waals surface area contributed by atoms with E-state index in [2.05, 4.69) is 4.98 Å². The van der Waals surface area contributed by atoms with Crippen molar-refractivity contribution < 1.29 is 5.11 Å². The Bertz CT molecular complexity index is 438. The highest BCUT2D eigenvalue weighted by molar-refractivity contribution is 5.38. The lowest BCUT2D eigenvalue weighted by Crippen LogP contribution is -2.47.